The van der Waals surface area contributed by atoms with E-state index in [-0.39, 0.29) is 16.8 Å². The molecule has 1 aliphatic rings. The molecule has 1 fully saturated rings. The Labute approximate surface area is 196 Å². The molecule has 0 radical (unpaired) electrons. The molecule has 0 unspecified atom stereocenters. The van der Waals surface area contributed by atoms with Crippen LogP contribution in [0, 0.1) is 0 Å². The number of benzene rings is 2. The van der Waals surface area contributed by atoms with Gasteiger partial charge in [0.1, 0.15) is 4.90 Å². The molecule has 0 bridgehead atoms. The molecule has 2 N–H and O–H groups in total. The van der Waals surface area contributed by atoms with E-state index < -0.39 is 10.0 Å². The maximum Gasteiger partial charge on any atom is 0.242 e. The van der Waals surface area contributed by atoms with Crippen LogP contribution in [0.2, 0.25) is 0 Å². The monoisotopic (exact) mass is 465 g/mol. The molecule has 7 heteroatoms. The fraction of sp³-hybridized carbons (Fsp3) is 0.308. The quantitative estimate of drug-likeness (QED) is 0.553. The standard InChI is InChI=1S/C17H20N2O2S.C9H11NO/c20-22(21,19-15-9-5-2-6-10-15)16-11-12-17(18-13-16)14-7-3-1-4-8-14;1-8(11)10-7-9-5-3-2-4-6-9/h1,3-4,7-8,11-13,15,19H,2,5-6,9-10H2;2-6H,7H2,1H3,(H,10,11). The highest BCUT2D eigenvalue weighted by atomic mass is 32.2. The average molecular weight is 466 g/mol. The number of hydrogen-bond donors (Lipinski definition) is 2. The molecule has 33 heavy (non-hydrogen) atoms. The van der Waals surface area contributed by atoms with Gasteiger partial charge in [0.25, 0.3) is 0 Å². The second-order valence-electron chi connectivity index (χ2n) is 8.10. The summed E-state index contributed by atoms with van der Waals surface area (Å²) in [6.07, 6.45) is 6.68. The molecule has 6 nitrogen and oxygen atoms in total. The normalized spacial score (nSPS) is 14.1. The van der Waals surface area contributed by atoms with Crippen LogP contribution in [0.3, 0.4) is 0 Å². The first kappa shape index (κ1) is 24.6. The van der Waals surface area contributed by atoms with Crippen molar-refractivity contribution in [2.45, 2.75) is 56.5 Å². The van der Waals surface area contributed by atoms with E-state index in [1.807, 2.05) is 60.7 Å². The summed E-state index contributed by atoms with van der Waals surface area (Å²) >= 11 is 0. The lowest BCUT2D eigenvalue weighted by atomic mass is 9.96. The first-order valence-corrected chi connectivity index (χ1v) is 12.7. The number of carbonyl (C=O) groups is 1. The topological polar surface area (TPSA) is 88.2 Å². The first-order chi connectivity index (χ1) is 15.9. The minimum Gasteiger partial charge on any atom is -0.352 e. The van der Waals surface area contributed by atoms with Gasteiger partial charge in [0.2, 0.25) is 15.9 Å². The number of carbonyl (C=O) groups excluding carboxylic acids is 1. The predicted octanol–water partition coefficient (Wildman–Crippen LogP) is 4.68. The van der Waals surface area contributed by atoms with E-state index in [4.69, 9.17) is 0 Å². The van der Waals surface area contributed by atoms with Gasteiger partial charge in [-0.15, -0.1) is 0 Å². The third-order valence-corrected chi connectivity index (χ3v) is 6.93. The Morgan fingerprint density at radius 1 is 0.909 bits per heavy atom. The second kappa shape index (κ2) is 12.3. The van der Waals surface area contributed by atoms with Crippen molar-refractivity contribution in [3.8, 4) is 11.3 Å². The first-order valence-electron chi connectivity index (χ1n) is 11.3. The van der Waals surface area contributed by atoms with Crippen LogP contribution in [-0.2, 0) is 21.4 Å². The number of nitrogens with one attached hydrogen (secondary N) is 2. The van der Waals surface area contributed by atoms with Crippen LogP contribution < -0.4 is 10.0 Å². The zero-order chi connectivity index (χ0) is 23.5. The summed E-state index contributed by atoms with van der Waals surface area (Å²) in [6, 6.07) is 23.0. The minimum absolute atomic E-state index is 0.00820. The molecular formula is C26H31N3O3S. The summed E-state index contributed by atoms with van der Waals surface area (Å²) in [7, 11) is -3.47. The van der Waals surface area contributed by atoms with Crippen molar-refractivity contribution in [3.63, 3.8) is 0 Å². The van der Waals surface area contributed by atoms with Gasteiger partial charge in [-0.1, -0.05) is 79.9 Å². The Morgan fingerprint density at radius 2 is 1.55 bits per heavy atom. The highest BCUT2D eigenvalue weighted by Gasteiger charge is 2.22. The van der Waals surface area contributed by atoms with Crippen molar-refractivity contribution in [2.24, 2.45) is 0 Å². The van der Waals surface area contributed by atoms with E-state index in [2.05, 4.69) is 15.0 Å². The highest BCUT2D eigenvalue weighted by molar-refractivity contribution is 7.89. The molecule has 2 aromatic carbocycles. The molecule has 1 amide bonds. The summed E-state index contributed by atoms with van der Waals surface area (Å²) in [5, 5.41) is 2.72. The fourth-order valence-corrected chi connectivity index (χ4v) is 4.90. The summed E-state index contributed by atoms with van der Waals surface area (Å²) in [5.41, 5.74) is 2.88. The third-order valence-electron chi connectivity index (χ3n) is 5.43. The summed E-state index contributed by atoms with van der Waals surface area (Å²) in [4.78, 5) is 15.0. The van der Waals surface area contributed by atoms with Crippen LogP contribution >= 0.6 is 0 Å². The lowest BCUT2D eigenvalue weighted by Gasteiger charge is -2.22. The smallest absolute Gasteiger partial charge is 0.242 e. The Bertz CT molecular complexity index is 1100. The van der Waals surface area contributed by atoms with Gasteiger partial charge in [-0.2, -0.15) is 0 Å². The van der Waals surface area contributed by atoms with Crippen molar-refractivity contribution in [3.05, 3.63) is 84.6 Å². The van der Waals surface area contributed by atoms with Gasteiger partial charge in [0.05, 0.1) is 5.69 Å². The number of hydrogen-bond acceptors (Lipinski definition) is 4. The molecule has 1 saturated carbocycles. The molecule has 0 aliphatic heterocycles. The highest BCUT2D eigenvalue weighted by Crippen LogP contribution is 2.21. The number of rotatable bonds is 6. The van der Waals surface area contributed by atoms with E-state index in [0.29, 0.717) is 6.54 Å². The van der Waals surface area contributed by atoms with Crippen LogP contribution in [0.4, 0.5) is 0 Å². The van der Waals surface area contributed by atoms with E-state index in [1.54, 1.807) is 12.1 Å². The zero-order valence-electron chi connectivity index (χ0n) is 18.9. The maximum absolute atomic E-state index is 12.4. The van der Waals surface area contributed by atoms with E-state index in [1.165, 1.54) is 19.5 Å². The number of amides is 1. The maximum atomic E-state index is 12.4. The second-order valence-corrected chi connectivity index (χ2v) is 9.81. The molecule has 1 aliphatic carbocycles. The molecule has 174 valence electrons. The van der Waals surface area contributed by atoms with E-state index in [0.717, 1.165) is 42.5 Å². The molecule has 0 atom stereocenters. The summed E-state index contributed by atoms with van der Waals surface area (Å²) < 4.78 is 27.6. The van der Waals surface area contributed by atoms with Crippen LogP contribution in [0.15, 0.2) is 83.9 Å². The fourth-order valence-electron chi connectivity index (χ4n) is 3.65. The Kier molecular flexibility index (Phi) is 9.15. The molecule has 1 aromatic heterocycles. The van der Waals surface area contributed by atoms with Crippen molar-refractivity contribution in [2.75, 3.05) is 0 Å². The Morgan fingerprint density at radius 3 is 2.12 bits per heavy atom. The van der Waals surface area contributed by atoms with Gasteiger partial charge in [0.15, 0.2) is 0 Å². The molecule has 0 spiro atoms. The van der Waals surface area contributed by atoms with Gasteiger partial charge >= 0.3 is 0 Å². The average Bonchev–Trinajstić information content (AvgIpc) is 2.85. The molecule has 4 rings (SSSR count). The lowest BCUT2D eigenvalue weighted by molar-refractivity contribution is -0.119. The summed E-state index contributed by atoms with van der Waals surface area (Å²) in [5.74, 6) is 0.00820. The third kappa shape index (κ3) is 8.11. The van der Waals surface area contributed by atoms with Gasteiger partial charge in [0, 0.05) is 31.3 Å². The van der Waals surface area contributed by atoms with Gasteiger partial charge in [-0.05, 0) is 30.5 Å². The SMILES string of the molecule is CC(=O)NCc1ccccc1.O=S(=O)(NC1CCCCC1)c1ccc(-c2ccccc2)nc1. The van der Waals surface area contributed by atoms with Gasteiger partial charge in [-0.3, -0.25) is 9.78 Å². The number of aromatic nitrogens is 1. The molecule has 3 aromatic rings. The van der Waals surface area contributed by atoms with Crippen molar-refractivity contribution >= 4 is 15.9 Å². The van der Waals surface area contributed by atoms with E-state index >= 15 is 0 Å². The molecule has 1 heterocycles. The number of nitrogens with zero attached hydrogens (tertiary/aromatic N) is 1. The van der Waals surface area contributed by atoms with Gasteiger partial charge in [-0.25, -0.2) is 13.1 Å². The van der Waals surface area contributed by atoms with Crippen molar-refractivity contribution in [1.82, 2.24) is 15.0 Å². The van der Waals surface area contributed by atoms with Crippen LogP contribution in [-0.4, -0.2) is 25.4 Å². The van der Waals surface area contributed by atoms with Crippen LogP contribution in [0.25, 0.3) is 11.3 Å². The molecule has 0 saturated heterocycles. The summed E-state index contributed by atoms with van der Waals surface area (Å²) in [6.45, 7) is 2.14. The van der Waals surface area contributed by atoms with Crippen LogP contribution in [0.5, 0.6) is 0 Å². The largest absolute Gasteiger partial charge is 0.352 e. The lowest BCUT2D eigenvalue weighted by Crippen LogP contribution is -2.36. The van der Waals surface area contributed by atoms with Crippen molar-refractivity contribution in [1.29, 1.82) is 0 Å². The van der Waals surface area contributed by atoms with Crippen LogP contribution in [0.1, 0.15) is 44.6 Å². The Balaban J connectivity index is 0.000000235. The Hall–Kier alpha value is -3.03. The molecular weight excluding hydrogens is 434 g/mol. The predicted molar refractivity (Wildman–Crippen MR) is 131 cm³/mol. The van der Waals surface area contributed by atoms with Gasteiger partial charge < -0.3 is 5.32 Å². The zero-order valence-corrected chi connectivity index (χ0v) is 19.7. The number of pyridine rings is 1. The number of sulfonamides is 1. The van der Waals surface area contributed by atoms with E-state index in [9.17, 15) is 13.2 Å². The minimum atomic E-state index is -3.47. The van der Waals surface area contributed by atoms with Crippen molar-refractivity contribution < 1.29 is 13.2 Å².